The summed E-state index contributed by atoms with van der Waals surface area (Å²) in [5.41, 5.74) is 3.90. The fourth-order valence-corrected chi connectivity index (χ4v) is 2.77. The van der Waals surface area contributed by atoms with Crippen molar-refractivity contribution in [2.75, 3.05) is 5.32 Å². The number of anilines is 1. The molecule has 0 saturated carbocycles. The second-order valence-electron chi connectivity index (χ2n) is 6.06. The van der Waals surface area contributed by atoms with Gasteiger partial charge in [0.2, 0.25) is 11.8 Å². The van der Waals surface area contributed by atoms with Gasteiger partial charge in [0.1, 0.15) is 5.52 Å². The smallest absolute Gasteiger partial charge is 0.231 e. The maximum atomic E-state index is 12.5. The molecule has 0 aliphatic heterocycles. The third-order valence-electron chi connectivity index (χ3n) is 4.28. The maximum Gasteiger partial charge on any atom is 0.231 e. The highest BCUT2D eigenvalue weighted by Gasteiger charge is 2.16. The first-order chi connectivity index (χ1) is 12.7. The van der Waals surface area contributed by atoms with Crippen LogP contribution in [0.2, 0.25) is 0 Å². The Morgan fingerprint density at radius 2 is 1.85 bits per heavy atom. The topological polar surface area (TPSA) is 68.0 Å². The predicted molar refractivity (Wildman–Crippen MR) is 103 cm³/mol. The summed E-state index contributed by atoms with van der Waals surface area (Å²) < 4.78 is 5.78. The molecule has 0 saturated heterocycles. The molecule has 0 aliphatic rings. The van der Waals surface area contributed by atoms with Gasteiger partial charge in [-0.1, -0.05) is 30.3 Å². The highest BCUT2D eigenvalue weighted by atomic mass is 16.3. The number of carbonyl (C=O) groups excluding carboxylic acids is 1. The number of benzene rings is 2. The monoisotopic (exact) mass is 345 g/mol. The predicted octanol–water partition coefficient (Wildman–Crippen LogP) is 4.88. The lowest BCUT2D eigenvalue weighted by atomic mass is 10.0. The summed E-state index contributed by atoms with van der Waals surface area (Å²) in [6, 6.07) is 18.8. The third kappa shape index (κ3) is 3.19. The van der Waals surface area contributed by atoms with E-state index in [1.54, 1.807) is 12.4 Å². The van der Waals surface area contributed by atoms with Crippen LogP contribution >= 0.6 is 0 Å². The van der Waals surface area contributed by atoms with Gasteiger partial charge >= 0.3 is 0 Å². The van der Waals surface area contributed by atoms with E-state index in [-0.39, 0.29) is 13.3 Å². The van der Waals surface area contributed by atoms with Gasteiger partial charge in [-0.3, -0.25) is 9.78 Å². The van der Waals surface area contributed by atoms with Gasteiger partial charge in [0.25, 0.3) is 0 Å². The molecular formula is C21H19N3O2. The molecule has 0 unspecified atom stereocenters. The zero-order valence-electron chi connectivity index (χ0n) is 14.2. The molecule has 0 fully saturated rings. The average molecular weight is 345 g/mol. The number of aromatic nitrogens is 2. The van der Waals surface area contributed by atoms with Crippen LogP contribution in [0.5, 0.6) is 0 Å². The molecule has 2 aromatic carbocycles. The van der Waals surface area contributed by atoms with Crippen molar-refractivity contribution in [3.63, 3.8) is 0 Å². The Labute approximate surface area is 152 Å². The van der Waals surface area contributed by atoms with Gasteiger partial charge in [-0.15, -0.1) is 0 Å². The van der Waals surface area contributed by atoms with Crippen molar-refractivity contribution in [1.29, 1.82) is 0 Å². The van der Waals surface area contributed by atoms with Crippen LogP contribution in [0.25, 0.3) is 22.6 Å². The molecule has 26 heavy (non-hydrogen) atoms. The van der Waals surface area contributed by atoms with Crippen molar-refractivity contribution < 1.29 is 10.6 Å². The van der Waals surface area contributed by atoms with Crippen LogP contribution in [-0.4, -0.2) is 15.9 Å². The molecular weight excluding hydrogens is 326 g/mol. The van der Waals surface area contributed by atoms with Crippen molar-refractivity contribution in [1.82, 2.24) is 9.97 Å². The van der Waals surface area contributed by atoms with Crippen molar-refractivity contribution in [3.05, 3.63) is 78.6 Å². The minimum atomic E-state index is -0.239. The Hall–Kier alpha value is -3.47. The molecule has 0 aliphatic carbocycles. The van der Waals surface area contributed by atoms with Crippen LogP contribution in [0.15, 0.2) is 77.5 Å². The lowest BCUT2D eigenvalue weighted by molar-refractivity contribution is -0.117. The molecule has 1 atom stereocenters. The summed E-state index contributed by atoms with van der Waals surface area (Å²) in [6.07, 6.45) is 3.39. The number of oxazole rings is 1. The Kier molecular flexibility index (Phi) is 4.19. The highest BCUT2D eigenvalue weighted by molar-refractivity contribution is 5.97. The van der Waals surface area contributed by atoms with E-state index in [9.17, 15) is 4.79 Å². The van der Waals surface area contributed by atoms with Gasteiger partial charge in [0.15, 0.2) is 5.58 Å². The number of amides is 1. The SMILES string of the molecule is C[C@H](C(=O)Nc1ccc2oc(-c3ccncc3)nc2c1)c1ccccc1.[HH]. The van der Waals surface area contributed by atoms with E-state index in [4.69, 9.17) is 4.42 Å². The normalized spacial score (nSPS) is 12.0. The molecule has 1 amide bonds. The van der Waals surface area contributed by atoms with E-state index in [0.29, 0.717) is 22.7 Å². The summed E-state index contributed by atoms with van der Waals surface area (Å²) in [7, 11) is 0. The fraction of sp³-hybridized carbons (Fsp3) is 0.0952. The van der Waals surface area contributed by atoms with Crippen molar-refractivity contribution in [2.24, 2.45) is 0 Å². The molecule has 5 heteroatoms. The van der Waals surface area contributed by atoms with Gasteiger partial charge in [-0.2, -0.15) is 0 Å². The zero-order chi connectivity index (χ0) is 17.9. The number of pyridine rings is 1. The van der Waals surface area contributed by atoms with Crippen molar-refractivity contribution in [2.45, 2.75) is 12.8 Å². The third-order valence-corrected chi connectivity index (χ3v) is 4.28. The molecule has 130 valence electrons. The highest BCUT2D eigenvalue weighted by Crippen LogP contribution is 2.26. The number of nitrogens with zero attached hydrogens (tertiary/aromatic N) is 2. The number of fused-ring (bicyclic) bond motifs is 1. The van der Waals surface area contributed by atoms with Crippen molar-refractivity contribution in [3.8, 4) is 11.5 Å². The first-order valence-corrected chi connectivity index (χ1v) is 8.37. The van der Waals surface area contributed by atoms with Gasteiger partial charge in [0, 0.05) is 25.1 Å². The number of rotatable bonds is 4. The molecule has 4 aromatic rings. The maximum absolute atomic E-state index is 12.5. The van der Waals surface area contributed by atoms with E-state index in [2.05, 4.69) is 15.3 Å². The second-order valence-corrected chi connectivity index (χ2v) is 6.06. The summed E-state index contributed by atoms with van der Waals surface area (Å²) in [4.78, 5) is 21.0. The van der Waals surface area contributed by atoms with Gasteiger partial charge in [-0.25, -0.2) is 4.98 Å². The van der Waals surface area contributed by atoms with Gasteiger partial charge in [-0.05, 0) is 42.8 Å². The zero-order valence-corrected chi connectivity index (χ0v) is 14.2. The van der Waals surface area contributed by atoms with E-state index in [1.165, 1.54) is 0 Å². The first kappa shape index (κ1) is 16.0. The molecule has 4 rings (SSSR count). The number of nitrogens with one attached hydrogen (secondary N) is 1. The standard InChI is InChI=1S/C21H17N3O2.H2/c1-14(15-5-3-2-4-6-15)20(25)23-17-7-8-19-18(13-17)24-21(26-19)16-9-11-22-12-10-16;/h2-14H,1H3,(H,23,25);1H/t14-;/m0./s1. The molecule has 0 radical (unpaired) electrons. The van der Waals surface area contributed by atoms with Gasteiger partial charge < -0.3 is 9.73 Å². The minimum Gasteiger partial charge on any atom is -0.436 e. The number of hydrogen-bond donors (Lipinski definition) is 1. The largest absolute Gasteiger partial charge is 0.436 e. The van der Waals surface area contributed by atoms with E-state index < -0.39 is 0 Å². The summed E-state index contributed by atoms with van der Waals surface area (Å²) in [6.45, 7) is 1.89. The van der Waals surface area contributed by atoms with E-state index in [1.807, 2.05) is 67.6 Å². The molecule has 1 N–H and O–H groups in total. The molecule has 2 aromatic heterocycles. The fourth-order valence-electron chi connectivity index (χ4n) is 2.77. The van der Waals surface area contributed by atoms with Crippen LogP contribution in [0, 0.1) is 0 Å². The van der Waals surface area contributed by atoms with Crippen LogP contribution in [0.3, 0.4) is 0 Å². The lowest BCUT2D eigenvalue weighted by Gasteiger charge is -2.12. The first-order valence-electron chi connectivity index (χ1n) is 8.37. The second kappa shape index (κ2) is 6.80. The summed E-state index contributed by atoms with van der Waals surface area (Å²) in [5, 5.41) is 2.95. The quantitative estimate of drug-likeness (QED) is 0.572. The van der Waals surface area contributed by atoms with E-state index >= 15 is 0 Å². The Bertz CT molecular complexity index is 1050. The molecule has 0 spiro atoms. The Morgan fingerprint density at radius 3 is 2.62 bits per heavy atom. The Balaban J connectivity index is 0.00000210. The van der Waals surface area contributed by atoms with Crippen LogP contribution in [-0.2, 0) is 4.79 Å². The molecule has 0 bridgehead atoms. The van der Waals surface area contributed by atoms with Gasteiger partial charge in [0.05, 0.1) is 5.92 Å². The average Bonchev–Trinajstić information content (AvgIpc) is 3.12. The molecule has 2 heterocycles. The number of hydrogen-bond acceptors (Lipinski definition) is 4. The van der Waals surface area contributed by atoms with Crippen LogP contribution < -0.4 is 5.32 Å². The van der Waals surface area contributed by atoms with Crippen molar-refractivity contribution >= 4 is 22.7 Å². The molecule has 5 nitrogen and oxygen atoms in total. The lowest BCUT2D eigenvalue weighted by Crippen LogP contribution is -2.18. The summed E-state index contributed by atoms with van der Waals surface area (Å²) >= 11 is 0. The number of carbonyl (C=O) groups is 1. The van der Waals surface area contributed by atoms with E-state index in [0.717, 1.165) is 11.1 Å². The minimum absolute atomic E-state index is 0. The van der Waals surface area contributed by atoms with Crippen LogP contribution in [0.1, 0.15) is 19.8 Å². The summed E-state index contributed by atoms with van der Waals surface area (Å²) in [5.74, 6) is 0.230. The van der Waals surface area contributed by atoms with Crippen LogP contribution in [0.4, 0.5) is 5.69 Å². The Morgan fingerprint density at radius 1 is 1.08 bits per heavy atom.